The fourth-order valence-electron chi connectivity index (χ4n) is 2.73. The maximum Gasteiger partial charge on any atom is 0.226 e. The van der Waals surface area contributed by atoms with E-state index in [1.165, 1.54) is 5.56 Å². The van der Waals surface area contributed by atoms with E-state index in [-0.39, 0.29) is 11.3 Å². The Kier molecular flexibility index (Phi) is 2.32. The maximum atomic E-state index is 12.1. The molecule has 1 saturated heterocycles. The van der Waals surface area contributed by atoms with E-state index < -0.39 is 0 Å². The molecule has 1 aromatic rings. The van der Waals surface area contributed by atoms with Crippen LogP contribution >= 0.6 is 0 Å². The number of carbonyl (C=O) groups excluding carboxylic acids is 1. The molecule has 0 spiro atoms. The van der Waals surface area contributed by atoms with Crippen LogP contribution in [0.15, 0.2) is 23.0 Å². The number of likely N-dealkylation sites (tertiary alicyclic amines) is 1. The molecule has 2 fully saturated rings. The highest BCUT2D eigenvalue weighted by atomic mass is 16.3. The van der Waals surface area contributed by atoms with Gasteiger partial charge < -0.3 is 9.32 Å². The summed E-state index contributed by atoms with van der Waals surface area (Å²) in [4.78, 5) is 14.1. The quantitative estimate of drug-likeness (QED) is 0.802. The third-order valence-corrected chi connectivity index (χ3v) is 4.18. The van der Waals surface area contributed by atoms with Crippen LogP contribution in [0.3, 0.4) is 0 Å². The first-order valence-electron chi connectivity index (χ1n) is 6.36. The molecule has 0 N–H and O–H groups in total. The molecule has 0 unspecified atom stereocenters. The highest BCUT2D eigenvalue weighted by Crippen LogP contribution is 2.53. The van der Waals surface area contributed by atoms with Crippen LogP contribution in [0.2, 0.25) is 0 Å². The molecule has 3 rings (SSSR count). The Morgan fingerprint density at radius 1 is 1.53 bits per heavy atom. The van der Waals surface area contributed by atoms with Gasteiger partial charge >= 0.3 is 0 Å². The highest BCUT2D eigenvalue weighted by Gasteiger charge is 2.53. The molecule has 3 heteroatoms. The minimum Gasteiger partial charge on any atom is -0.472 e. The number of hydrogen-bond donors (Lipinski definition) is 0. The zero-order valence-corrected chi connectivity index (χ0v) is 10.5. The van der Waals surface area contributed by atoms with Gasteiger partial charge in [-0.1, -0.05) is 13.8 Å². The number of furan rings is 1. The summed E-state index contributed by atoms with van der Waals surface area (Å²) in [6.45, 7) is 6.21. The molecule has 2 heterocycles. The minimum atomic E-state index is 0.257. The zero-order valence-electron chi connectivity index (χ0n) is 10.5. The van der Waals surface area contributed by atoms with Gasteiger partial charge in [0.15, 0.2) is 0 Å². The largest absolute Gasteiger partial charge is 0.472 e. The van der Waals surface area contributed by atoms with Gasteiger partial charge in [-0.25, -0.2) is 0 Å². The van der Waals surface area contributed by atoms with Gasteiger partial charge in [0.25, 0.3) is 0 Å². The molecule has 0 aromatic carbocycles. The molecular weight excluding hydrogens is 214 g/mol. The van der Waals surface area contributed by atoms with E-state index in [1.807, 2.05) is 11.0 Å². The molecule has 1 aliphatic heterocycles. The van der Waals surface area contributed by atoms with E-state index in [0.717, 1.165) is 25.9 Å². The van der Waals surface area contributed by atoms with Gasteiger partial charge in [-0.15, -0.1) is 0 Å². The van der Waals surface area contributed by atoms with E-state index in [0.29, 0.717) is 11.8 Å². The standard InChI is InChI=1S/C14H19NO2/c1-14(2)6-12(14)13(16)15-7-11(8-15)5-10-3-4-17-9-10/h3-4,9,11-12H,5-8H2,1-2H3/t12-/m1/s1. The van der Waals surface area contributed by atoms with Crippen LogP contribution in [-0.2, 0) is 11.2 Å². The van der Waals surface area contributed by atoms with Crippen LogP contribution in [0.1, 0.15) is 25.8 Å². The van der Waals surface area contributed by atoms with Gasteiger partial charge in [-0.3, -0.25) is 4.79 Å². The monoisotopic (exact) mass is 233 g/mol. The van der Waals surface area contributed by atoms with E-state index in [2.05, 4.69) is 13.8 Å². The fourth-order valence-corrected chi connectivity index (χ4v) is 2.73. The van der Waals surface area contributed by atoms with E-state index >= 15 is 0 Å². The molecule has 17 heavy (non-hydrogen) atoms. The predicted molar refractivity (Wildman–Crippen MR) is 64.4 cm³/mol. The van der Waals surface area contributed by atoms with Crippen LogP contribution in [0.25, 0.3) is 0 Å². The lowest BCUT2D eigenvalue weighted by Crippen LogP contribution is -2.51. The Labute approximate surface area is 102 Å². The molecule has 3 nitrogen and oxygen atoms in total. The maximum absolute atomic E-state index is 12.1. The SMILES string of the molecule is CC1(C)C[C@@H]1C(=O)N1CC(Cc2ccoc2)C1. The predicted octanol–water partition coefficient (Wildman–Crippen LogP) is 2.33. The van der Waals surface area contributed by atoms with Crippen LogP contribution in [0, 0.1) is 17.3 Å². The molecule has 1 aromatic heterocycles. The van der Waals surface area contributed by atoms with Gasteiger partial charge in [-0.05, 0) is 35.8 Å². The van der Waals surface area contributed by atoms with Crippen molar-refractivity contribution in [1.82, 2.24) is 4.90 Å². The van der Waals surface area contributed by atoms with Crippen molar-refractivity contribution in [2.24, 2.45) is 17.3 Å². The summed E-state index contributed by atoms with van der Waals surface area (Å²) in [5.41, 5.74) is 1.50. The number of nitrogens with zero attached hydrogens (tertiary/aromatic N) is 1. The van der Waals surface area contributed by atoms with E-state index in [9.17, 15) is 4.79 Å². The van der Waals surface area contributed by atoms with E-state index in [1.54, 1.807) is 12.5 Å². The molecule has 0 radical (unpaired) electrons. The van der Waals surface area contributed by atoms with Crippen molar-refractivity contribution in [2.75, 3.05) is 13.1 Å². The van der Waals surface area contributed by atoms with Gasteiger partial charge in [0.2, 0.25) is 5.91 Å². The van der Waals surface area contributed by atoms with Crippen LogP contribution < -0.4 is 0 Å². The average molecular weight is 233 g/mol. The van der Waals surface area contributed by atoms with Crippen LogP contribution in [0.5, 0.6) is 0 Å². The van der Waals surface area contributed by atoms with Gasteiger partial charge in [0.05, 0.1) is 12.5 Å². The summed E-state index contributed by atoms with van der Waals surface area (Å²) in [6, 6.07) is 2.01. The fraction of sp³-hybridized carbons (Fsp3) is 0.643. The van der Waals surface area contributed by atoms with Crippen molar-refractivity contribution in [3.63, 3.8) is 0 Å². The normalized spacial score (nSPS) is 26.7. The molecule has 0 bridgehead atoms. The Morgan fingerprint density at radius 2 is 2.24 bits per heavy atom. The lowest BCUT2D eigenvalue weighted by molar-refractivity contribution is -0.139. The molecular formula is C14H19NO2. The number of amides is 1. The van der Waals surface area contributed by atoms with Crippen molar-refractivity contribution >= 4 is 5.91 Å². The van der Waals surface area contributed by atoms with Gasteiger partial charge in [-0.2, -0.15) is 0 Å². The smallest absolute Gasteiger partial charge is 0.226 e. The second-order valence-electron chi connectivity index (χ2n) is 6.19. The van der Waals surface area contributed by atoms with Gasteiger partial charge in [0, 0.05) is 19.0 Å². The first kappa shape index (κ1) is 10.9. The minimum absolute atomic E-state index is 0.257. The highest BCUT2D eigenvalue weighted by molar-refractivity contribution is 5.83. The topological polar surface area (TPSA) is 33.5 Å². The Balaban J connectivity index is 1.47. The Morgan fingerprint density at radius 3 is 2.76 bits per heavy atom. The molecule has 1 amide bonds. The molecule has 1 saturated carbocycles. The molecule has 92 valence electrons. The first-order chi connectivity index (χ1) is 8.06. The number of hydrogen-bond acceptors (Lipinski definition) is 2. The second-order valence-corrected chi connectivity index (χ2v) is 6.19. The summed E-state index contributed by atoms with van der Waals surface area (Å²) in [6.07, 6.45) is 5.61. The first-order valence-corrected chi connectivity index (χ1v) is 6.36. The lowest BCUT2D eigenvalue weighted by Gasteiger charge is -2.39. The van der Waals surface area contributed by atoms with Crippen molar-refractivity contribution in [1.29, 1.82) is 0 Å². The molecule has 2 aliphatic rings. The van der Waals surface area contributed by atoms with Crippen molar-refractivity contribution < 1.29 is 9.21 Å². The third-order valence-electron chi connectivity index (χ3n) is 4.18. The lowest BCUT2D eigenvalue weighted by atomic mass is 9.92. The summed E-state index contributed by atoms with van der Waals surface area (Å²) in [5.74, 6) is 1.29. The van der Waals surface area contributed by atoms with E-state index in [4.69, 9.17) is 4.42 Å². The average Bonchev–Trinajstić information content (AvgIpc) is 2.63. The van der Waals surface area contributed by atoms with Gasteiger partial charge in [0.1, 0.15) is 0 Å². The van der Waals surface area contributed by atoms with Crippen molar-refractivity contribution in [2.45, 2.75) is 26.7 Å². The van der Waals surface area contributed by atoms with Crippen molar-refractivity contribution in [3.05, 3.63) is 24.2 Å². The second kappa shape index (κ2) is 3.62. The zero-order chi connectivity index (χ0) is 12.0. The Hall–Kier alpha value is -1.25. The third kappa shape index (κ3) is 1.99. The molecule has 1 aliphatic carbocycles. The van der Waals surface area contributed by atoms with Crippen LogP contribution in [-0.4, -0.2) is 23.9 Å². The number of rotatable bonds is 3. The van der Waals surface area contributed by atoms with Crippen molar-refractivity contribution in [3.8, 4) is 0 Å². The summed E-state index contributed by atoms with van der Waals surface area (Å²) >= 11 is 0. The summed E-state index contributed by atoms with van der Waals surface area (Å²) < 4.78 is 5.05. The Bertz CT molecular complexity index is 415. The number of carbonyl (C=O) groups is 1. The van der Waals surface area contributed by atoms with Crippen LogP contribution in [0.4, 0.5) is 0 Å². The summed E-state index contributed by atoms with van der Waals surface area (Å²) in [7, 11) is 0. The summed E-state index contributed by atoms with van der Waals surface area (Å²) in [5, 5.41) is 0. The molecule has 1 atom stereocenters.